The van der Waals surface area contributed by atoms with Gasteiger partial charge in [0.1, 0.15) is 6.04 Å². The summed E-state index contributed by atoms with van der Waals surface area (Å²) in [5, 5.41) is 0. The van der Waals surface area contributed by atoms with Crippen molar-refractivity contribution < 1.29 is 18.3 Å². The Morgan fingerprint density at radius 1 is 1.69 bits per heavy atom. The standard InChI is InChI=1S/C9H12F2N2O2.ClH/c1-2-15-8(14)9(10,11)7(12)6-4-3-5-13-6;/h3-5,7,13H,2,12H2,1H3;1H/t7-;/m1./s1. The predicted molar refractivity (Wildman–Crippen MR) is 56.5 cm³/mol. The van der Waals surface area contributed by atoms with Crippen molar-refractivity contribution >= 4 is 18.4 Å². The molecule has 1 heterocycles. The molecular formula is C9H13ClF2N2O2. The first-order valence-corrected chi connectivity index (χ1v) is 4.44. The molecule has 92 valence electrons. The van der Waals surface area contributed by atoms with Gasteiger partial charge in [0.05, 0.1) is 6.61 Å². The van der Waals surface area contributed by atoms with E-state index in [0.717, 1.165) is 0 Å². The second-order valence-electron chi connectivity index (χ2n) is 2.95. The number of nitrogens with one attached hydrogen (secondary N) is 1. The SMILES string of the molecule is CCOC(=O)C(F)(F)[C@H](N)c1ccc[nH]1.Cl. The molecule has 0 saturated heterocycles. The number of H-pyrrole nitrogens is 1. The molecule has 1 rings (SSSR count). The van der Waals surface area contributed by atoms with Gasteiger partial charge in [-0.3, -0.25) is 0 Å². The summed E-state index contributed by atoms with van der Waals surface area (Å²) in [5.74, 6) is -5.33. The van der Waals surface area contributed by atoms with Gasteiger partial charge in [0.2, 0.25) is 0 Å². The molecule has 4 nitrogen and oxygen atoms in total. The first-order chi connectivity index (χ1) is 7.00. The average molecular weight is 255 g/mol. The number of esters is 1. The third-order valence-electron chi connectivity index (χ3n) is 1.90. The third-order valence-corrected chi connectivity index (χ3v) is 1.90. The van der Waals surface area contributed by atoms with Crippen LogP contribution in [-0.2, 0) is 9.53 Å². The van der Waals surface area contributed by atoms with Crippen molar-refractivity contribution in [2.24, 2.45) is 5.73 Å². The second-order valence-corrected chi connectivity index (χ2v) is 2.95. The topological polar surface area (TPSA) is 68.1 Å². The van der Waals surface area contributed by atoms with Crippen molar-refractivity contribution in [3.63, 3.8) is 0 Å². The largest absolute Gasteiger partial charge is 0.462 e. The maximum absolute atomic E-state index is 13.3. The van der Waals surface area contributed by atoms with Crippen LogP contribution in [0, 0.1) is 0 Å². The van der Waals surface area contributed by atoms with Crippen LogP contribution < -0.4 is 5.73 Å². The zero-order valence-electron chi connectivity index (χ0n) is 8.57. The summed E-state index contributed by atoms with van der Waals surface area (Å²) in [4.78, 5) is 13.5. The number of halogens is 3. The Bertz CT molecular complexity index is 330. The molecule has 1 aromatic heterocycles. The molecule has 0 bridgehead atoms. The van der Waals surface area contributed by atoms with Crippen molar-refractivity contribution in [2.75, 3.05) is 6.61 Å². The number of alkyl halides is 2. The normalized spacial score (nSPS) is 12.8. The zero-order chi connectivity index (χ0) is 11.5. The fraction of sp³-hybridized carbons (Fsp3) is 0.444. The summed E-state index contributed by atoms with van der Waals surface area (Å²) in [7, 11) is 0. The van der Waals surface area contributed by atoms with E-state index in [9.17, 15) is 13.6 Å². The predicted octanol–water partition coefficient (Wildman–Crippen LogP) is 1.63. The van der Waals surface area contributed by atoms with Crippen LogP contribution >= 0.6 is 12.4 Å². The lowest BCUT2D eigenvalue weighted by molar-refractivity contribution is -0.175. The number of carbonyl (C=O) groups excluding carboxylic acids is 1. The molecule has 0 unspecified atom stereocenters. The zero-order valence-corrected chi connectivity index (χ0v) is 9.39. The van der Waals surface area contributed by atoms with Gasteiger partial charge < -0.3 is 15.5 Å². The molecule has 1 atom stereocenters. The Labute approximate surface area is 97.6 Å². The van der Waals surface area contributed by atoms with E-state index in [1.165, 1.54) is 25.3 Å². The van der Waals surface area contributed by atoms with Gasteiger partial charge in [-0.15, -0.1) is 12.4 Å². The fourth-order valence-electron chi connectivity index (χ4n) is 1.09. The Balaban J connectivity index is 0.00000225. The highest BCUT2D eigenvalue weighted by molar-refractivity contribution is 5.85. The van der Waals surface area contributed by atoms with Crippen LogP contribution in [0.15, 0.2) is 18.3 Å². The first kappa shape index (κ1) is 14.9. The highest BCUT2D eigenvalue weighted by Gasteiger charge is 2.48. The summed E-state index contributed by atoms with van der Waals surface area (Å²) >= 11 is 0. The molecule has 0 fully saturated rings. The van der Waals surface area contributed by atoms with E-state index in [4.69, 9.17) is 5.73 Å². The number of ether oxygens (including phenoxy) is 1. The third kappa shape index (κ3) is 2.93. The molecule has 0 saturated carbocycles. The number of hydrogen-bond donors (Lipinski definition) is 2. The summed E-state index contributed by atoms with van der Waals surface area (Å²) < 4.78 is 30.9. The minimum absolute atomic E-state index is 0. The Morgan fingerprint density at radius 2 is 2.31 bits per heavy atom. The number of aromatic nitrogens is 1. The Kier molecular flexibility index (Phi) is 5.40. The molecule has 1 aromatic rings. The average Bonchev–Trinajstić information content (AvgIpc) is 2.69. The molecule has 0 aliphatic carbocycles. The molecule has 0 aliphatic rings. The van der Waals surface area contributed by atoms with E-state index in [1.807, 2.05) is 0 Å². The number of carbonyl (C=O) groups is 1. The fourth-order valence-corrected chi connectivity index (χ4v) is 1.09. The highest BCUT2D eigenvalue weighted by atomic mass is 35.5. The highest BCUT2D eigenvalue weighted by Crippen LogP contribution is 2.29. The van der Waals surface area contributed by atoms with Crippen LogP contribution in [-0.4, -0.2) is 23.5 Å². The van der Waals surface area contributed by atoms with Crippen molar-refractivity contribution in [3.8, 4) is 0 Å². The Morgan fingerprint density at radius 3 is 2.75 bits per heavy atom. The molecule has 3 N–H and O–H groups in total. The number of hydrogen-bond acceptors (Lipinski definition) is 3. The van der Waals surface area contributed by atoms with Gasteiger partial charge >= 0.3 is 11.9 Å². The smallest absolute Gasteiger partial charge is 0.379 e. The molecule has 7 heteroatoms. The minimum Gasteiger partial charge on any atom is -0.462 e. The van der Waals surface area contributed by atoms with Crippen LogP contribution in [0.4, 0.5) is 8.78 Å². The number of nitrogens with two attached hydrogens (primary N) is 1. The van der Waals surface area contributed by atoms with Gasteiger partial charge in [-0.2, -0.15) is 8.78 Å². The molecule has 0 amide bonds. The molecular weight excluding hydrogens is 242 g/mol. The molecule has 0 radical (unpaired) electrons. The minimum atomic E-state index is -3.72. The molecule has 0 aliphatic heterocycles. The van der Waals surface area contributed by atoms with Crippen LogP contribution in [0.5, 0.6) is 0 Å². The lowest BCUT2D eigenvalue weighted by Crippen LogP contribution is -2.41. The quantitative estimate of drug-likeness (QED) is 0.803. The maximum Gasteiger partial charge on any atom is 0.379 e. The summed E-state index contributed by atoms with van der Waals surface area (Å²) in [6.45, 7) is 1.35. The van der Waals surface area contributed by atoms with Crippen molar-refractivity contribution in [3.05, 3.63) is 24.0 Å². The lowest BCUT2D eigenvalue weighted by atomic mass is 10.1. The second kappa shape index (κ2) is 5.81. The summed E-state index contributed by atoms with van der Waals surface area (Å²) in [6.07, 6.45) is 1.45. The van der Waals surface area contributed by atoms with E-state index >= 15 is 0 Å². The first-order valence-electron chi connectivity index (χ1n) is 4.44. The van der Waals surface area contributed by atoms with Crippen molar-refractivity contribution in [2.45, 2.75) is 18.9 Å². The van der Waals surface area contributed by atoms with E-state index in [-0.39, 0.29) is 24.7 Å². The van der Waals surface area contributed by atoms with Gasteiger partial charge in [0, 0.05) is 11.9 Å². The van der Waals surface area contributed by atoms with Gasteiger partial charge in [-0.25, -0.2) is 4.79 Å². The molecule has 16 heavy (non-hydrogen) atoms. The van der Waals surface area contributed by atoms with Crippen molar-refractivity contribution in [1.82, 2.24) is 4.98 Å². The monoisotopic (exact) mass is 254 g/mol. The van der Waals surface area contributed by atoms with E-state index < -0.39 is 17.9 Å². The van der Waals surface area contributed by atoms with Gasteiger partial charge in [0.25, 0.3) is 0 Å². The van der Waals surface area contributed by atoms with Crippen molar-refractivity contribution in [1.29, 1.82) is 0 Å². The van der Waals surface area contributed by atoms with Crippen LogP contribution in [0.2, 0.25) is 0 Å². The summed E-state index contributed by atoms with van der Waals surface area (Å²) in [5.41, 5.74) is 5.36. The lowest BCUT2D eigenvalue weighted by Gasteiger charge is -2.20. The number of aromatic amines is 1. The Hall–Kier alpha value is -1.14. The van der Waals surface area contributed by atoms with E-state index in [1.54, 1.807) is 0 Å². The van der Waals surface area contributed by atoms with Gasteiger partial charge in [-0.1, -0.05) is 0 Å². The van der Waals surface area contributed by atoms with Crippen LogP contribution in [0.25, 0.3) is 0 Å². The van der Waals surface area contributed by atoms with Crippen LogP contribution in [0.1, 0.15) is 18.7 Å². The van der Waals surface area contributed by atoms with E-state index in [2.05, 4.69) is 9.72 Å². The van der Waals surface area contributed by atoms with Gasteiger partial charge in [-0.05, 0) is 19.1 Å². The van der Waals surface area contributed by atoms with Gasteiger partial charge in [0.15, 0.2) is 0 Å². The molecule has 0 aromatic carbocycles. The number of rotatable bonds is 4. The van der Waals surface area contributed by atoms with Crippen LogP contribution in [0.3, 0.4) is 0 Å². The molecule has 0 spiro atoms. The van der Waals surface area contributed by atoms with E-state index in [0.29, 0.717) is 0 Å². The summed E-state index contributed by atoms with van der Waals surface area (Å²) in [6, 6.07) is 1.19. The maximum atomic E-state index is 13.3.